The zero-order valence-corrected chi connectivity index (χ0v) is 20.6. The lowest BCUT2D eigenvalue weighted by molar-refractivity contribution is -0.116. The zero-order valence-electron chi connectivity index (χ0n) is 18.9. The van der Waals surface area contributed by atoms with Crippen molar-refractivity contribution >= 4 is 49.7 Å². The summed E-state index contributed by atoms with van der Waals surface area (Å²) < 4.78 is 1.31. The van der Waals surface area contributed by atoms with Crippen molar-refractivity contribution in [3.63, 3.8) is 0 Å². The second-order valence-corrected chi connectivity index (χ2v) is 10.6. The maximum absolute atomic E-state index is 13.3. The highest BCUT2D eigenvalue weighted by Gasteiger charge is 2.25. The van der Waals surface area contributed by atoms with Crippen LogP contribution in [0.4, 0.5) is 5.00 Å². The summed E-state index contributed by atoms with van der Waals surface area (Å²) in [5, 5.41) is 5.73. The van der Waals surface area contributed by atoms with Crippen molar-refractivity contribution in [2.75, 3.05) is 5.32 Å². The second-order valence-electron chi connectivity index (χ2n) is 8.63. The molecule has 2 amide bonds. The summed E-state index contributed by atoms with van der Waals surface area (Å²) in [5.41, 5.74) is 10.8. The molecule has 4 aromatic rings. The van der Waals surface area contributed by atoms with Crippen LogP contribution < -0.4 is 16.6 Å². The van der Waals surface area contributed by atoms with E-state index in [0.717, 1.165) is 52.8 Å². The summed E-state index contributed by atoms with van der Waals surface area (Å²) in [4.78, 5) is 44.5. The van der Waals surface area contributed by atoms with Crippen LogP contribution in [0.2, 0.25) is 0 Å². The van der Waals surface area contributed by atoms with E-state index in [-0.39, 0.29) is 12.1 Å². The molecule has 0 saturated carbocycles. The SMILES string of the molecule is Cc1ccc(-c2csc3ncn(CC(=O)Nc4sc5c(c4C(N)=O)CCCC5)c(=O)c23)cc1C. The highest BCUT2D eigenvalue weighted by Crippen LogP contribution is 2.38. The first-order valence-electron chi connectivity index (χ1n) is 11.1. The number of aromatic nitrogens is 2. The van der Waals surface area contributed by atoms with Gasteiger partial charge in [-0.3, -0.25) is 19.0 Å². The summed E-state index contributed by atoms with van der Waals surface area (Å²) in [6.45, 7) is 3.88. The molecular formula is C25H24N4O3S2. The lowest BCUT2D eigenvalue weighted by Gasteiger charge is -2.11. The fourth-order valence-electron chi connectivity index (χ4n) is 4.44. The number of amides is 2. The van der Waals surface area contributed by atoms with Crippen LogP contribution in [-0.2, 0) is 24.2 Å². The van der Waals surface area contributed by atoms with Crippen LogP contribution in [0.15, 0.2) is 34.7 Å². The number of benzene rings is 1. The molecule has 1 aromatic carbocycles. The van der Waals surface area contributed by atoms with Gasteiger partial charge in [0.2, 0.25) is 5.91 Å². The van der Waals surface area contributed by atoms with Crippen LogP contribution in [0.3, 0.4) is 0 Å². The number of nitrogens with zero attached hydrogens (tertiary/aromatic N) is 2. The topological polar surface area (TPSA) is 107 Å². The monoisotopic (exact) mass is 492 g/mol. The Morgan fingerprint density at radius 2 is 1.97 bits per heavy atom. The van der Waals surface area contributed by atoms with Gasteiger partial charge in [-0.05, 0) is 61.8 Å². The Balaban J connectivity index is 1.46. The first kappa shape index (κ1) is 22.5. The van der Waals surface area contributed by atoms with E-state index < -0.39 is 11.8 Å². The van der Waals surface area contributed by atoms with Gasteiger partial charge in [0, 0.05) is 15.8 Å². The number of anilines is 1. The molecule has 3 aromatic heterocycles. The van der Waals surface area contributed by atoms with Crippen molar-refractivity contribution < 1.29 is 9.59 Å². The largest absolute Gasteiger partial charge is 0.365 e. The molecule has 0 unspecified atom stereocenters. The second kappa shape index (κ2) is 8.81. The van der Waals surface area contributed by atoms with Crippen molar-refractivity contribution in [2.45, 2.75) is 46.1 Å². The van der Waals surface area contributed by atoms with Crippen molar-refractivity contribution in [2.24, 2.45) is 5.73 Å². The number of nitrogens with one attached hydrogen (secondary N) is 1. The minimum absolute atomic E-state index is 0.204. The maximum Gasteiger partial charge on any atom is 0.263 e. The number of rotatable bonds is 5. The fraction of sp³-hybridized carbons (Fsp3) is 0.280. The van der Waals surface area contributed by atoms with Gasteiger partial charge in [-0.1, -0.05) is 18.2 Å². The molecule has 0 atom stereocenters. The van der Waals surface area contributed by atoms with Crippen molar-refractivity contribution in [3.8, 4) is 11.1 Å². The van der Waals surface area contributed by atoms with E-state index in [1.165, 1.54) is 39.1 Å². The zero-order chi connectivity index (χ0) is 24.0. The Hall–Kier alpha value is -3.30. The van der Waals surface area contributed by atoms with Gasteiger partial charge in [-0.25, -0.2) is 4.98 Å². The maximum atomic E-state index is 13.3. The van der Waals surface area contributed by atoms with Crippen LogP contribution in [0.5, 0.6) is 0 Å². The average molecular weight is 493 g/mol. The molecule has 1 aliphatic rings. The van der Waals surface area contributed by atoms with Crippen LogP contribution in [0.25, 0.3) is 21.3 Å². The summed E-state index contributed by atoms with van der Waals surface area (Å²) >= 11 is 2.81. The number of carbonyl (C=O) groups excluding carboxylic acids is 2. The number of nitrogens with two attached hydrogens (primary N) is 1. The molecule has 1 aliphatic carbocycles. The molecule has 0 radical (unpaired) electrons. The number of carbonyl (C=O) groups is 2. The van der Waals surface area contributed by atoms with E-state index in [0.29, 0.717) is 20.8 Å². The number of primary amides is 1. The molecule has 9 heteroatoms. The Morgan fingerprint density at radius 3 is 2.74 bits per heavy atom. The van der Waals surface area contributed by atoms with Gasteiger partial charge in [-0.2, -0.15) is 0 Å². The molecule has 34 heavy (non-hydrogen) atoms. The lowest BCUT2D eigenvalue weighted by atomic mass is 9.95. The molecule has 3 N–H and O–H groups in total. The van der Waals surface area contributed by atoms with E-state index in [2.05, 4.69) is 16.4 Å². The van der Waals surface area contributed by atoms with Gasteiger partial charge in [0.25, 0.3) is 11.5 Å². The van der Waals surface area contributed by atoms with Crippen LogP contribution in [0, 0.1) is 13.8 Å². The van der Waals surface area contributed by atoms with Crippen LogP contribution in [0.1, 0.15) is 44.8 Å². The van der Waals surface area contributed by atoms with Gasteiger partial charge in [0.1, 0.15) is 16.4 Å². The van der Waals surface area contributed by atoms with Crippen LogP contribution in [-0.4, -0.2) is 21.4 Å². The van der Waals surface area contributed by atoms with Gasteiger partial charge < -0.3 is 11.1 Å². The highest BCUT2D eigenvalue weighted by atomic mass is 32.1. The summed E-state index contributed by atoms with van der Waals surface area (Å²) in [5.74, 6) is -0.932. The van der Waals surface area contributed by atoms with Gasteiger partial charge in [-0.15, -0.1) is 22.7 Å². The van der Waals surface area contributed by atoms with Crippen molar-refractivity contribution in [3.05, 3.63) is 67.4 Å². The third-order valence-corrected chi connectivity index (χ3v) is 8.46. The van der Waals surface area contributed by atoms with Gasteiger partial charge in [0.05, 0.1) is 17.3 Å². The molecule has 5 rings (SSSR count). The summed E-state index contributed by atoms with van der Waals surface area (Å²) in [6.07, 6.45) is 5.14. The average Bonchev–Trinajstić information content (AvgIpc) is 3.39. The highest BCUT2D eigenvalue weighted by molar-refractivity contribution is 7.17. The minimum atomic E-state index is -0.536. The lowest BCUT2D eigenvalue weighted by Crippen LogP contribution is -2.28. The Labute approximate surface area is 204 Å². The smallest absolute Gasteiger partial charge is 0.263 e. The fourth-order valence-corrected chi connectivity index (χ4v) is 6.65. The summed E-state index contributed by atoms with van der Waals surface area (Å²) in [7, 11) is 0. The number of fused-ring (bicyclic) bond motifs is 2. The Kier molecular flexibility index (Phi) is 5.83. The predicted molar refractivity (Wildman–Crippen MR) is 137 cm³/mol. The first-order chi connectivity index (χ1) is 16.3. The Bertz CT molecular complexity index is 1510. The molecule has 3 heterocycles. The summed E-state index contributed by atoms with van der Waals surface area (Å²) in [6, 6.07) is 6.09. The predicted octanol–water partition coefficient (Wildman–Crippen LogP) is 4.42. The number of hydrogen-bond donors (Lipinski definition) is 2. The quantitative estimate of drug-likeness (QED) is 0.430. The van der Waals surface area contributed by atoms with Crippen LogP contribution >= 0.6 is 22.7 Å². The van der Waals surface area contributed by atoms with Gasteiger partial charge in [0.15, 0.2) is 0 Å². The Morgan fingerprint density at radius 1 is 1.18 bits per heavy atom. The number of hydrogen-bond acceptors (Lipinski definition) is 6. The molecule has 0 aliphatic heterocycles. The molecule has 7 nitrogen and oxygen atoms in total. The number of aryl methyl sites for hydroxylation is 3. The van der Waals surface area contributed by atoms with E-state index in [1.807, 2.05) is 31.4 Å². The molecule has 0 saturated heterocycles. The molecule has 0 fully saturated rings. The molecular weight excluding hydrogens is 468 g/mol. The number of thiophene rings is 2. The van der Waals surface area contributed by atoms with Crippen molar-refractivity contribution in [1.29, 1.82) is 0 Å². The molecule has 0 spiro atoms. The van der Waals surface area contributed by atoms with Crippen molar-refractivity contribution in [1.82, 2.24) is 9.55 Å². The standard InChI is InChI=1S/C25H24N4O3S2/c1-13-7-8-15(9-14(13)2)17-11-33-23-21(17)25(32)29(12-27-23)10-19(30)28-24-20(22(26)31)16-5-3-4-6-18(16)34-24/h7-9,11-12H,3-6,10H2,1-2H3,(H2,26,31)(H,28,30). The normalized spacial score (nSPS) is 13.1. The molecule has 174 valence electrons. The van der Waals surface area contributed by atoms with Gasteiger partial charge >= 0.3 is 0 Å². The molecule has 0 bridgehead atoms. The third-order valence-electron chi connectivity index (χ3n) is 6.36. The van der Waals surface area contributed by atoms with E-state index in [9.17, 15) is 14.4 Å². The van der Waals surface area contributed by atoms with E-state index in [1.54, 1.807) is 0 Å². The first-order valence-corrected chi connectivity index (χ1v) is 12.8. The van der Waals surface area contributed by atoms with E-state index in [4.69, 9.17) is 5.73 Å². The minimum Gasteiger partial charge on any atom is -0.365 e. The third kappa shape index (κ3) is 3.95. The van der Waals surface area contributed by atoms with E-state index >= 15 is 0 Å².